The van der Waals surface area contributed by atoms with Crippen LogP contribution in [0.2, 0.25) is 5.02 Å². The summed E-state index contributed by atoms with van der Waals surface area (Å²) >= 11 is 7.43. The van der Waals surface area contributed by atoms with E-state index in [1.807, 2.05) is 53.9 Å². The maximum Gasteiger partial charge on any atom is 0.221 e. The lowest BCUT2D eigenvalue weighted by atomic mass is 10.2. The number of hydrogen-bond donors (Lipinski definition) is 2. The Hall–Kier alpha value is -1.89. The van der Waals surface area contributed by atoms with Crippen LogP contribution in [0, 0.1) is 0 Å². The van der Waals surface area contributed by atoms with Gasteiger partial charge in [0.15, 0.2) is 5.13 Å². The number of aromatic nitrogens is 1. The van der Waals surface area contributed by atoms with E-state index in [0.717, 1.165) is 27.8 Å². The molecule has 0 spiro atoms. The predicted molar refractivity (Wildman–Crippen MR) is 107 cm³/mol. The van der Waals surface area contributed by atoms with Gasteiger partial charge >= 0.3 is 0 Å². The highest BCUT2D eigenvalue weighted by atomic mass is 79.9. The summed E-state index contributed by atoms with van der Waals surface area (Å²) in [5, 5.41) is 9.50. The van der Waals surface area contributed by atoms with Crippen LogP contribution in [0.3, 0.4) is 0 Å². The number of anilines is 3. The molecule has 2 aromatic carbocycles. The number of hydrogen-bond acceptors (Lipinski definition) is 4. The van der Waals surface area contributed by atoms with E-state index in [1.54, 1.807) is 0 Å². The molecule has 1 aromatic heterocycles. The number of carbonyl (C=O) groups is 1. The number of thiazole rings is 1. The van der Waals surface area contributed by atoms with Gasteiger partial charge in [0.25, 0.3) is 0 Å². The molecule has 124 valence electrons. The van der Waals surface area contributed by atoms with Gasteiger partial charge in [-0.25, -0.2) is 4.98 Å². The van der Waals surface area contributed by atoms with E-state index in [2.05, 4.69) is 15.6 Å². The zero-order chi connectivity index (χ0) is 16.2. The number of carbonyl (C=O) groups excluding carboxylic acids is 1. The van der Waals surface area contributed by atoms with Gasteiger partial charge in [-0.3, -0.25) is 4.79 Å². The van der Waals surface area contributed by atoms with E-state index in [4.69, 9.17) is 11.6 Å². The number of nitrogens with one attached hydrogen (secondary N) is 2. The van der Waals surface area contributed by atoms with Crippen molar-refractivity contribution in [3.8, 4) is 11.3 Å². The Morgan fingerprint density at radius 2 is 1.67 bits per heavy atom. The van der Waals surface area contributed by atoms with Gasteiger partial charge in [0, 0.05) is 34.3 Å². The van der Waals surface area contributed by atoms with Crippen LogP contribution in [0.25, 0.3) is 11.3 Å². The number of rotatable bonds is 4. The molecule has 0 bridgehead atoms. The summed E-state index contributed by atoms with van der Waals surface area (Å²) in [6, 6.07) is 15.1. The highest BCUT2D eigenvalue weighted by Gasteiger charge is 2.05. The zero-order valence-electron chi connectivity index (χ0n) is 12.7. The summed E-state index contributed by atoms with van der Waals surface area (Å²) in [5.74, 6) is -0.0850. The highest BCUT2D eigenvalue weighted by molar-refractivity contribution is 8.93. The lowest BCUT2D eigenvalue weighted by Crippen LogP contribution is -2.05. The van der Waals surface area contributed by atoms with Crippen LogP contribution in [-0.4, -0.2) is 10.9 Å². The molecule has 0 unspecified atom stereocenters. The smallest absolute Gasteiger partial charge is 0.221 e. The van der Waals surface area contributed by atoms with Crippen molar-refractivity contribution in [2.24, 2.45) is 0 Å². The quantitative estimate of drug-likeness (QED) is 0.561. The SMILES string of the molecule is Br.CC(=O)Nc1ccc(Nc2nc(-c3ccc(Cl)cc3)cs2)cc1. The second-order valence-corrected chi connectivity index (χ2v) is 6.22. The maximum atomic E-state index is 11.0. The Balaban J connectivity index is 0.00000208. The summed E-state index contributed by atoms with van der Waals surface area (Å²) < 4.78 is 0. The largest absolute Gasteiger partial charge is 0.332 e. The molecule has 3 rings (SSSR count). The molecule has 0 radical (unpaired) electrons. The third-order valence-electron chi connectivity index (χ3n) is 3.10. The second-order valence-electron chi connectivity index (χ2n) is 4.93. The first-order valence-corrected chi connectivity index (χ1v) is 8.22. The molecule has 7 heteroatoms. The summed E-state index contributed by atoms with van der Waals surface area (Å²) in [6.07, 6.45) is 0. The lowest BCUT2D eigenvalue weighted by Gasteiger charge is -2.05. The van der Waals surface area contributed by atoms with Crippen LogP contribution < -0.4 is 10.6 Å². The molecule has 3 aromatic rings. The Morgan fingerprint density at radius 1 is 1.04 bits per heavy atom. The maximum absolute atomic E-state index is 11.0. The van der Waals surface area contributed by atoms with E-state index in [0.29, 0.717) is 5.02 Å². The molecule has 1 amide bonds. The first-order chi connectivity index (χ1) is 11.1. The highest BCUT2D eigenvalue weighted by Crippen LogP contribution is 2.28. The Morgan fingerprint density at radius 3 is 2.29 bits per heavy atom. The van der Waals surface area contributed by atoms with Crippen molar-refractivity contribution in [3.63, 3.8) is 0 Å². The van der Waals surface area contributed by atoms with Crippen molar-refractivity contribution >= 4 is 62.3 Å². The summed E-state index contributed by atoms with van der Waals surface area (Å²) in [7, 11) is 0. The number of halogens is 2. The Bertz CT molecular complexity index is 819. The van der Waals surface area contributed by atoms with E-state index < -0.39 is 0 Å². The summed E-state index contributed by atoms with van der Waals surface area (Å²) in [5.41, 5.74) is 3.61. The molecule has 0 saturated carbocycles. The Kier molecular flexibility index (Phi) is 6.36. The molecular formula is C17H15BrClN3OS. The van der Waals surface area contributed by atoms with Gasteiger partial charge in [-0.1, -0.05) is 23.7 Å². The third-order valence-corrected chi connectivity index (χ3v) is 4.11. The zero-order valence-corrected chi connectivity index (χ0v) is 16.0. The molecule has 2 N–H and O–H groups in total. The normalized spacial score (nSPS) is 9.92. The number of nitrogens with zero attached hydrogens (tertiary/aromatic N) is 1. The molecule has 0 saturated heterocycles. The van der Waals surface area contributed by atoms with Crippen LogP contribution in [0.1, 0.15) is 6.92 Å². The molecule has 0 atom stereocenters. The van der Waals surface area contributed by atoms with Crippen molar-refractivity contribution in [1.29, 1.82) is 0 Å². The van der Waals surface area contributed by atoms with Gasteiger partial charge in [-0.2, -0.15) is 0 Å². The molecule has 0 aliphatic heterocycles. The average molecular weight is 425 g/mol. The van der Waals surface area contributed by atoms with E-state index in [1.165, 1.54) is 18.3 Å². The van der Waals surface area contributed by atoms with Gasteiger partial charge in [-0.15, -0.1) is 28.3 Å². The Labute approximate surface area is 159 Å². The van der Waals surface area contributed by atoms with Crippen molar-refractivity contribution in [3.05, 3.63) is 58.9 Å². The number of benzene rings is 2. The predicted octanol–water partition coefficient (Wildman–Crippen LogP) is 5.74. The summed E-state index contributed by atoms with van der Waals surface area (Å²) in [4.78, 5) is 15.6. The fourth-order valence-corrected chi connectivity index (χ4v) is 2.91. The van der Waals surface area contributed by atoms with Crippen LogP contribution in [0.5, 0.6) is 0 Å². The minimum Gasteiger partial charge on any atom is -0.332 e. The minimum absolute atomic E-state index is 0. The van der Waals surface area contributed by atoms with Gasteiger partial charge in [0.05, 0.1) is 5.69 Å². The van der Waals surface area contributed by atoms with Gasteiger partial charge in [0.1, 0.15) is 0 Å². The molecule has 24 heavy (non-hydrogen) atoms. The van der Waals surface area contributed by atoms with Crippen molar-refractivity contribution in [2.75, 3.05) is 10.6 Å². The third kappa shape index (κ3) is 4.80. The number of amides is 1. The topological polar surface area (TPSA) is 54.0 Å². The molecule has 0 aliphatic rings. The van der Waals surface area contributed by atoms with Crippen molar-refractivity contribution < 1.29 is 4.79 Å². The van der Waals surface area contributed by atoms with Crippen molar-refractivity contribution in [2.45, 2.75) is 6.92 Å². The van der Waals surface area contributed by atoms with Crippen LogP contribution in [-0.2, 0) is 4.79 Å². The molecule has 0 aliphatic carbocycles. The molecule has 1 heterocycles. The van der Waals surface area contributed by atoms with Gasteiger partial charge in [0.2, 0.25) is 5.91 Å². The van der Waals surface area contributed by atoms with Crippen LogP contribution in [0.15, 0.2) is 53.9 Å². The average Bonchev–Trinajstić information content (AvgIpc) is 2.98. The lowest BCUT2D eigenvalue weighted by molar-refractivity contribution is -0.114. The minimum atomic E-state index is -0.0850. The van der Waals surface area contributed by atoms with E-state index in [-0.39, 0.29) is 22.9 Å². The van der Waals surface area contributed by atoms with Crippen molar-refractivity contribution in [1.82, 2.24) is 4.98 Å². The van der Waals surface area contributed by atoms with Gasteiger partial charge in [-0.05, 0) is 36.4 Å². The molecular weight excluding hydrogens is 410 g/mol. The van der Waals surface area contributed by atoms with Crippen LogP contribution in [0.4, 0.5) is 16.5 Å². The standard InChI is InChI=1S/C17H14ClN3OS.BrH/c1-11(22)19-14-6-8-15(9-7-14)20-17-21-16(10-23-17)12-2-4-13(18)5-3-12;/h2-10H,1H3,(H,19,22)(H,20,21);1H. The monoisotopic (exact) mass is 423 g/mol. The fourth-order valence-electron chi connectivity index (χ4n) is 2.05. The summed E-state index contributed by atoms with van der Waals surface area (Å²) in [6.45, 7) is 1.49. The van der Waals surface area contributed by atoms with Crippen LogP contribution >= 0.6 is 39.9 Å². The first kappa shape index (κ1) is 18.4. The van der Waals surface area contributed by atoms with Gasteiger partial charge < -0.3 is 10.6 Å². The van der Waals surface area contributed by atoms with E-state index >= 15 is 0 Å². The fraction of sp³-hybridized carbons (Fsp3) is 0.0588. The van der Waals surface area contributed by atoms with E-state index in [9.17, 15) is 4.79 Å². The molecule has 0 fully saturated rings. The second kappa shape index (κ2) is 8.28. The first-order valence-electron chi connectivity index (χ1n) is 6.96. The molecule has 4 nitrogen and oxygen atoms in total.